The quantitative estimate of drug-likeness (QED) is 0.569. The van der Waals surface area contributed by atoms with Crippen molar-refractivity contribution >= 4 is 39.1 Å². The summed E-state index contributed by atoms with van der Waals surface area (Å²) in [5, 5.41) is 2.19. The zero-order chi connectivity index (χ0) is 15.2. The van der Waals surface area contributed by atoms with E-state index in [4.69, 9.17) is 27.9 Å². The van der Waals surface area contributed by atoms with Crippen LogP contribution >= 0.6 is 39.1 Å². The van der Waals surface area contributed by atoms with E-state index in [2.05, 4.69) is 28.1 Å². The molecule has 0 spiro atoms. The third-order valence-corrected chi connectivity index (χ3v) is 5.19. The van der Waals surface area contributed by atoms with E-state index < -0.39 is 0 Å². The van der Waals surface area contributed by atoms with Crippen molar-refractivity contribution in [3.63, 3.8) is 0 Å². The van der Waals surface area contributed by atoms with E-state index >= 15 is 0 Å². The number of benzene rings is 2. The Kier molecular flexibility index (Phi) is 6.40. The van der Waals surface area contributed by atoms with Gasteiger partial charge in [-0.25, -0.2) is 0 Å². The van der Waals surface area contributed by atoms with Gasteiger partial charge < -0.3 is 4.74 Å². The maximum absolute atomic E-state index is 6.28. The van der Waals surface area contributed by atoms with Crippen LogP contribution < -0.4 is 4.74 Å². The summed E-state index contributed by atoms with van der Waals surface area (Å²) in [4.78, 5) is 0. The summed E-state index contributed by atoms with van der Waals surface area (Å²) < 4.78 is 5.27. The zero-order valence-corrected chi connectivity index (χ0v) is 14.9. The SMILES string of the molecule is COc1cccc(CC(CBr)Cc2cccc(Cl)c2Cl)c1. The van der Waals surface area contributed by atoms with Gasteiger partial charge >= 0.3 is 0 Å². The Morgan fingerprint density at radius 3 is 2.57 bits per heavy atom. The Bertz CT molecular complexity index is 601. The minimum Gasteiger partial charge on any atom is -0.497 e. The molecule has 0 saturated carbocycles. The fourth-order valence-electron chi connectivity index (χ4n) is 2.33. The van der Waals surface area contributed by atoms with Crippen LogP contribution in [-0.4, -0.2) is 12.4 Å². The largest absolute Gasteiger partial charge is 0.497 e. The minimum absolute atomic E-state index is 0.452. The fourth-order valence-corrected chi connectivity index (χ4v) is 3.19. The van der Waals surface area contributed by atoms with Crippen LogP contribution in [0.4, 0.5) is 0 Å². The molecule has 0 saturated heterocycles. The normalized spacial score (nSPS) is 12.2. The van der Waals surface area contributed by atoms with Crippen LogP contribution in [0.5, 0.6) is 5.75 Å². The zero-order valence-electron chi connectivity index (χ0n) is 11.8. The highest BCUT2D eigenvalue weighted by Crippen LogP contribution is 2.29. The fraction of sp³-hybridized carbons (Fsp3) is 0.294. The van der Waals surface area contributed by atoms with Crippen LogP contribution in [0.15, 0.2) is 42.5 Å². The van der Waals surface area contributed by atoms with E-state index in [1.54, 1.807) is 7.11 Å². The van der Waals surface area contributed by atoms with Gasteiger partial charge in [0.15, 0.2) is 0 Å². The van der Waals surface area contributed by atoms with Gasteiger partial charge in [-0.2, -0.15) is 0 Å². The van der Waals surface area contributed by atoms with E-state index in [0.717, 1.165) is 29.5 Å². The average Bonchev–Trinajstić information content (AvgIpc) is 2.51. The third-order valence-electron chi connectivity index (χ3n) is 3.42. The van der Waals surface area contributed by atoms with Gasteiger partial charge in [0.05, 0.1) is 17.2 Å². The number of ether oxygens (including phenoxy) is 1. The molecule has 0 aliphatic carbocycles. The second-order valence-corrected chi connectivity index (χ2v) is 6.43. The molecule has 0 amide bonds. The number of methoxy groups -OCH3 is 1. The first-order valence-corrected chi connectivity index (χ1v) is 8.63. The van der Waals surface area contributed by atoms with Gasteiger partial charge in [0.2, 0.25) is 0 Å². The van der Waals surface area contributed by atoms with Gasteiger partial charge in [0, 0.05) is 5.33 Å². The molecule has 0 radical (unpaired) electrons. The lowest BCUT2D eigenvalue weighted by molar-refractivity contribution is 0.414. The monoisotopic (exact) mass is 386 g/mol. The van der Waals surface area contributed by atoms with Crippen molar-refractivity contribution in [3.8, 4) is 5.75 Å². The highest BCUT2D eigenvalue weighted by atomic mass is 79.9. The lowest BCUT2D eigenvalue weighted by Crippen LogP contribution is -2.10. The lowest BCUT2D eigenvalue weighted by Gasteiger charge is -2.16. The first kappa shape index (κ1) is 16.7. The molecule has 1 atom stereocenters. The summed E-state index contributed by atoms with van der Waals surface area (Å²) in [6, 6.07) is 14.0. The Morgan fingerprint density at radius 2 is 1.86 bits per heavy atom. The molecular weight excluding hydrogens is 371 g/mol. The van der Waals surface area contributed by atoms with Crippen LogP contribution in [0, 0.1) is 5.92 Å². The van der Waals surface area contributed by atoms with Crippen molar-refractivity contribution in [2.24, 2.45) is 5.92 Å². The van der Waals surface area contributed by atoms with Gasteiger partial charge in [0.1, 0.15) is 5.75 Å². The predicted octanol–water partition coefficient (Wildman–Crippen LogP) is 5.80. The molecule has 0 fully saturated rings. The van der Waals surface area contributed by atoms with Crippen LogP contribution in [0.25, 0.3) is 0 Å². The molecule has 2 aromatic rings. The molecule has 4 heteroatoms. The Labute approximate surface area is 144 Å². The molecule has 2 rings (SSSR count). The molecule has 0 bridgehead atoms. The standard InChI is InChI=1S/C17H17BrCl2O/c1-21-15-6-2-4-12(10-15)8-13(11-18)9-14-5-3-7-16(19)17(14)20/h2-7,10,13H,8-9,11H2,1H3. The molecule has 21 heavy (non-hydrogen) atoms. The van der Waals surface area contributed by atoms with Gasteiger partial charge in [0.25, 0.3) is 0 Å². The molecule has 0 aromatic heterocycles. The lowest BCUT2D eigenvalue weighted by atomic mass is 9.94. The first-order valence-electron chi connectivity index (χ1n) is 6.75. The number of rotatable bonds is 6. The second kappa shape index (κ2) is 8.07. The molecule has 2 aromatic carbocycles. The topological polar surface area (TPSA) is 9.23 Å². The summed E-state index contributed by atoms with van der Waals surface area (Å²) in [6.45, 7) is 0. The second-order valence-electron chi connectivity index (χ2n) is 4.99. The minimum atomic E-state index is 0.452. The molecular formula is C17H17BrCl2O. The van der Waals surface area contributed by atoms with Crippen molar-refractivity contribution < 1.29 is 4.74 Å². The number of hydrogen-bond acceptors (Lipinski definition) is 1. The van der Waals surface area contributed by atoms with E-state index in [0.29, 0.717) is 16.0 Å². The first-order chi connectivity index (χ1) is 10.1. The molecule has 0 heterocycles. The average molecular weight is 388 g/mol. The van der Waals surface area contributed by atoms with Gasteiger partial charge in [-0.3, -0.25) is 0 Å². The highest BCUT2D eigenvalue weighted by Gasteiger charge is 2.13. The van der Waals surface area contributed by atoms with Crippen LogP contribution in [-0.2, 0) is 12.8 Å². The molecule has 0 N–H and O–H groups in total. The van der Waals surface area contributed by atoms with Crippen molar-refractivity contribution in [2.45, 2.75) is 12.8 Å². The smallest absolute Gasteiger partial charge is 0.119 e. The summed E-state index contributed by atoms with van der Waals surface area (Å²) >= 11 is 16.0. The molecule has 1 nitrogen and oxygen atoms in total. The summed E-state index contributed by atoms with van der Waals surface area (Å²) in [6.07, 6.45) is 1.85. The molecule has 0 aliphatic rings. The Hall–Kier alpha value is -0.700. The molecule has 112 valence electrons. The summed E-state index contributed by atoms with van der Waals surface area (Å²) in [7, 11) is 1.69. The van der Waals surface area contributed by atoms with Crippen LogP contribution in [0.3, 0.4) is 0 Å². The van der Waals surface area contributed by atoms with Crippen molar-refractivity contribution in [1.82, 2.24) is 0 Å². The maximum atomic E-state index is 6.28. The highest BCUT2D eigenvalue weighted by molar-refractivity contribution is 9.09. The molecule has 0 aliphatic heterocycles. The third kappa shape index (κ3) is 4.64. The maximum Gasteiger partial charge on any atom is 0.119 e. The van der Waals surface area contributed by atoms with Gasteiger partial charge in [-0.05, 0) is 48.1 Å². The summed E-state index contributed by atoms with van der Waals surface area (Å²) in [5.41, 5.74) is 2.36. The van der Waals surface area contributed by atoms with Gasteiger partial charge in [-0.15, -0.1) is 0 Å². The van der Waals surface area contributed by atoms with Crippen LogP contribution in [0.2, 0.25) is 10.0 Å². The summed E-state index contributed by atoms with van der Waals surface area (Å²) in [5.74, 6) is 1.34. The van der Waals surface area contributed by atoms with Crippen LogP contribution in [0.1, 0.15) is 11.1 Å². The molecule has 1 unspecified atom stereocenters. The van der Waals surface area contributed by atoms with Gasteiger partial charge in [-0.1, -0.05) is 63.4 Å². The van der Waals surface area contributed by atoms with Crippen molar-refractivity contribution in [2.75, 3.05) is 12.4 Å². The number of hydrogen-bond donors (Lipinski definition) is 0. The predicted molar refractivity (Wildman–Crippen MR) is 94.1 cm³/mol. The van der Waals surface area contributed by atoms with E-state index in [1.807, 2.05) is 30.3 Å². The van der Waals surface area contributed by atoms with E-state index in [1.165, 1.54) is 5.56 Å². The number of alkyl halides is 1. The Balaban J connectivity index is 2.11. The number of halogens is 3. The van der Waals surface area contributed by atoms with Crippen molar-refractivity contribution in [1.29, 1.82) is 0 Å². The Morgan fingerprint density at radius 1 is 1.10 bits per heavy atom. The van der Waals surface area contributed by atoms with E-state index in [9.17, 15) is 0 Å². The van der Waals surface area contributed by atoms with E-state index in [-0.39, 0.29) is 0 Å². The van der Waals surface area contributed by atoms with Crippen molar-refractivity contribution in [3.05, 3.63) is 63.6 Å².